The summed E-state index contributed by atoms with van der Waals surface area (Å²) in [5.41, 5.74) is 4.43. The van der Waals surface area contributed by atoms with E-state index in [0.717, 1.165) is 40.5 Å². The third-order valence-corrected chi connectivity index (χ3v) is 6.63. The highest BCUT2D eigenvalue weighted by molar-refractivity contribution is 9.10. The van der Waals surface area contributed by atoms with E-state index in [4.69, 9.17) is 5.84 Å². The van der Waals surface area contributed by atoms with Crippen LogP contribution in [-0.4, -0.2) is 11.0 Å². The van der Waals surface area contributed by atoms with E-state index in [9.17, 15) is 0 Å². The summed E-state index contributed by atoms with van der Waals surface area (Å²) >= 11 is 3.52. The van der Waals surface area contributed by atoms with Crippen LogP contribution in [-0.2, 0) is 6.42 Å². The van der Waals surface area contributed by atoms with E-state index in [2.05, 4.69) is 32.4 Å². The zero-order valence-corrected chi connectivity index (χ0v) is 13.9. The van der Waals surface area contributed by atoms with Crippen LogP contribution in [0, 0.1) is 29.6 Å². The van der Waals surface area contributed by atoms with Gasteiger partial charge in [-0.1, -0.05) is 0 Å². The molecule has 3 N–H and O–H groups in total. The highest BCUT2D eigenvalue weighted by atomic mass is 79.9. The Hall–Kier alpha value is -0.450. The molecule has 0 aliphatic heterocycles. The zero-order chi connectivity index (χ0) is 14.4. The second-order valence-electron chi connectivity index (χ2n) is 7.50. The van der Waals surface area contributed by atoms with Crippen LogP contribution in [0.15, 0.2) is 22.9 Å². The first kappa shape index (κ1) is 14.2. The quantitative estimate of drug-likeness (QED) is 0.647. The Morgan fingerprint density at radius 2 is 1.81 bits per heavy atom. The van der Waals surface area contributed by atoms with Gasteiger partial charge >= 0.3 is 0 Å². The SMILES string of the molecule is NNC(Cc1cncc(Br)c1)C1C2CC3CC(C2)CC1C3. The number of pyridine rings is 1. The van der Waals surface area contributed by atoms with Gasteiger partial charge in [-0.2, -0.15) is 0 Å². The van der Waals surface area contributed by atoms with Crippen LogP contribution in [0.3, 0.4) is 0 Å². The number of halogens is 1. The average molecular weight is 350 g/mol. The van der Waals surface area contributed by atoms with Gasteiger partial charge in [0.25, 0.3) is 0 Å². The Balaban J connectivity index is 1.53. The smallest absolute Gasteiger partial charge is 0.0410 e. The number of hydrogen-bond donors (Lipinski definition) is 2. The molecule has 0 spiro atoms. The minimum absolute atomic E-state index is 0.399. The summed E-state index contributed by atoms with van der Waals surface area (Å²) in [4.78, 5) is 4.29. The Bertz CT molecular complexity index is 491. The van der Waals surface area contributed by atoms with Gasteiger partial charge in [-0.3, -0.25) is 16.3 Å². The lowest BCUT2D eigenvalue weighted by Crippen LogP contribution is -2.55. The lowest BCUT2D eigenvalue weighted by Gasteiger charge is -2.56. The second-order valence-corrected chi connectivity index (χ2v) is 8.41. The van der Waals surface area contributed by atoms with Crippen LogP contribution in [0.4, 0.5) is 0 Å². The Kier molecular flexibility index (Phi) is 3.80. The Morgan fingerprint density at radius 3 is 2.38 bits per heavy atom. The fourth-order valence-corrected chi connectivity index (χ4v) is 6.16. The molecule has 0 amide bonds. The standard InChI is InChI=1S/C17H24BrN3/c18-15-6-12(8-20-9-15)7-16(21-19)17-13-2-10-1-11(4-13)5-14(17)3-10/h6,8-11,13-14,16-17,21H,1-5,7,19H2. The van der Waals surface area contributed by atoms with Gasteiger partial charge in [-0.05, 0) is 95.7 Å². The Morgan fingerprint density at radius 1 is 1.14 bits per heavy atom. The number of rotatable bonds is 4. The van der Waals surface area contributed by atoms with E-state index in [0.29, 0.717) is 6.04 Å². The zero-order valence-electron chi connectivity index (χ0n) is 12.3. The number of nitrogens with two attached hydrogens (primary N) is 1. The van der Waals surface area contributed by atoms with E-state index < -0.39 is 0 Å². The van der Waals surface area contributed by atoms with E-state index in [1.807, 2.05) is 12.4 Å². The molecule has 0 saturated heterocycles. The molecule has 4 fully saturated rings. The molecule has 3 nitrogen and oxygen atoms in total. The molecule has 0 radical (unpaired) electrons. The van der Waals surface area contributed by atoms with Crippen molar-refractivity contribution in [2.24, 2.45) is 35.4 Å². The summed E-state index contributed by atoms with van der Waals surface area (Å²) in [6.07, 6.45) is 12.1. The second kappa shape index (κ2) is 5.64. The topological polar surface area (TPSA) is 50.9 Å². The first-order valence-electron chi connectivity index (χ1n) is 8.28. The van der Waals surface area contributed by atoms with Crippen LogP contribution in [0.1, 0.15) is 37.7 Å². The van der Waals surface area contributed by atoms with Crippen molar-refractivity contribution in [3.63, 3.8) is 0 Å². The maximum atomic E-state index is 5.96. The molecule has 1 aromatic heterocycles. The number of aromatic nitrogens is 1. The molecule has 21 heavy (non-hydrogen) atoms. The Labute approximate surface area is 135 Å². The van der Waals surface area contributed by atoms with Crippen LogP contribution >= 0.6 is 15.9 Å². The molecule has 5 rings (SSSR count). The molecule has 0 aromatic carbocycles. The molecule has 4 heteroatoms. The summed E-state index contributed by atoms with van der Waals surface area (Å²) in [6, 6.07) is 2.57. The van der Waals surface area contributed by atoms with Gasteiger partial charge in [-0.15, -0.1) is 0 Å². The highest BCUT2D eigenvalue weighted by Gasteiger charge is 2.50. The molecular formula is C17H24BrN3. The molecular weight excluding hydrogens is 326 g/mol. The van der Waals surface area contributed by atoms with E-state index >= 15 is 0 Å². The summed E-state index contributed by atoms with van der Waals surface area (Å²) in [5, 5.41) is 0. The molecule has 4 saturated carbocycles. The molecule has 1 aromatic rings. The van der Waals surface area contributed by atoms with Crippen LogP contribution < -0.4 is 11.3 Å². The molecule has 1 unspecified atom stereocenters. The molecule has 1 heterocycles. The number of hydrazine groups is 1. The van der Waals surface area contributed by atoms with Gasteiger partial charge < -0.3 is 0 Å². The third-order valence-electron chi connectivity index (χ3n) is 6.20. The fraction of sp³-hybridized carbons (Fsp3) is 0.706. The predicted molar refractivity (Wildman–Crippen MR) is 87.3 cm³/mol. The van der Waals surface area contributed by atoms with E-state index in [1.54, 1.807) is 0 Å². The van der Waals surface area contributed by atoms with Crippen molar-refractivity contribution in [2.45, 2.75) is 44.6 Å². The predicted octanol–water partition coefficient (Wildman–Crippen LogP) is 3.29. The van der Waals surface area contributed by atoms with Crippen molar-refractivity contribution in [3.8, 4) is 0 Å². The van der Waals surface area contributed by atoms with Gasteiger partial charge in [0.15, 0.2) is 0 Å². The first-order valence-corrected chi connectivity index (χ1v) is 9.07. The van der Waals surface area contributed by atoms with Gasteiger partial charge in [0.2, 0.25) is 0 Å². The first-order chi connectivity index (χ1) is 10.2. The molecule has 114 valence electrons. The van der Waals surface area contributed by atoms with Crippen LogP contribution in [0.5, 0.6) is 0 Å². The normalized spacial score (nSPS) is 38.7. The lowest BCUT2D eigenvalue weighted by atomic mass is 9.50. The molecule has 4 aliphatic carbocycles. The van der Waals surface area contributed by atoms with E-state index in [-0.39, 0.29) is 0 Å². The molecule has 4 aliphatic rings. The van der Waals surface area contributed by atoms with Crippen molar-refractivity contribution in [3.05, 3.63) is 28.5 Å². The summed E-state index contributed by atoms with van der Waals surface area (Å²) < 4.78 is 1.06. The lowest BCUT2D eigenvalue weighted by molar-refractivity contribution is -0.0517. The maximum absolute atomic E-state index is 5.96. The minimum Gasteiger partial charge on any atom is -0.271 e. The largest absolute Gasteiger partial charge is 0.271 e. The monoisotopic (exact) mass is 349 g/mol. The molecule has 1 atom stereocenters. The van der Waals surface area contributed by atoms with Gasteiger partial charge in [0.1, 0.15) is 0 Å². The van der Waals surface area contributed by atoms with E-state index in [1.165, 1.54) is 37.7 Å². The maximum Gasteiger partial charge on any atom is 0.0410 e. The van der Waals surface area contributed by atoms with Gasteiger partial charge in [-0.25, -0.2) is 0 Å². The van der Waals surface area contributed by atoms with Crippen molar-refractivity contribution in [1.29, 1.82) is 0 Å². The molecule has 4 bridgehead atoms. The minimum atomic E-state index is 0.399. The summed E-state index contributed by atoms with van der Waals surface area (Å²) in [6.45, 7) is 0. The van der Waals surface area contributed by atoms with Crippen molar-refractivity contribution < 1.29 is 0 Å². The third kappa shape index (κ3) is 2.66. The summed E-state index contributed by atoms with van der Waals surface area (Å²) in [5.74, 6) is 10.6. The van der Waals surface area contributed by atoms with Crippen LogP contribution in [0.2, 0.25) is 0 Å². The fourth-order valence-electron chi connectivity index (χ4n) is 5.75. The summed E-state index contributed by atoms with van der Waals surface area (Å²) in [7, 11) is 0. The van der Waals surface area contributed by atoms with Crippen LogP contribution in [0.25, 0.3) is 0 Å². The highest BCUT2D eigenvalue weighted by Crippen LogP contribution is 2.57. The number of nitrogens with one attached hydrogen (secondary N) is 1. The van der Waals surface area contributed by atoms with Crippen molar-refractivity contribution >= 4 is 15.9 Å². The number of hydrogen-bond acceptors (Lipinski definition) is 3. The van der Waals surface area contributed by atoms with Gasteiger partial charge in [0.05, 0.1) is 0 Å². The number of nitrogens with zero attached hydrogens (tertiary/aromatic N) is 1. The average Bonchev–Trinajstić information content (AvgIpc) is 2.45. The van der Waals surface area contributed by atoms with Crippen molar-refractivity contribution in [1.82, 2.24) is 10.4 Å². The van der Waals surface area contributed by atoms with Crippen molar-refractivity contribution in [2.75, 3.05) is 0 Å². The van der Waals surface area contributed by atoms with Gasteiger partial charge in [0, 0.05) is 22.9 Å².